The van der Waals surface area contributed by atoms with Crippen LogP contribution in [-0.4, -0.2) is 59.1 Å². The molecular formula is C32H45N3O6. The van der Waals surface area contributed by atoms with Gasteiger partial charge in [-0.15, -0.1) is 0 Å². The highest BCUT2D eigenvalue weighted by Gasteiger charge is 2.36. The molecule has 9 nitrogen and oxygen atoms in total. The van der Waals surface area contributed by atoms with Crippen LogP contribution >= 0.6 is 0 Å². The van der Waals surface area contributed by atoms with Crippen molar-refractivity contribution in [3.8, 4) is 0 Å². The van der Waals surface area contributed by atoms with Crippen LogP contribution in [0.5, 0.6) is 0 Å². The molecule has 0 aromatic heterocycles. The van der Waals surface area contributed by atoms with E-state index in [-0.39, 0.29) is 6.42 Å². The maximum Gasteiger partial charge on any atom is 0.408 e. The zero-order valence-electron chi connectivity index (χ0n) is 26.0. The average molecular weight is 568 g/mol. The number of esters is 1. The quantitative estimate of drug-likeness (QED) is 0.422. The third-order valence-electron chi connectivity index (χ3n) is 6.10. The van der Waals surface area contributed by atoms with E-state index in [2.05, 4.69) is 10.6 Å². The van der Waals surface area contributed by atoms with E-state index in [1.54, 1.807) is 47.6 Å². The molecule has 2 aromatic carbocycles. The number of hydrogen-bond donors (Lipinski definition) is 2. The van der Waals surface area contributed by atoms with Crippen molar-refractivity contribution in [3.63, 3.8) is 0 Å². The van der Waals surface area contributed by atoms with Crippen molar-refractivity contribution >= 4 is 23.9 Å². The van der Waals surface area contributed by atoms with Gasteiger partial charge in [-0.25, -0.2) is 9.59 Å². The number of carbonyl (C=O) groups is 4. The second-order valence-electron chi connectivity index (χ2n) is 12.4. The van der Waals surface area contributed by atoms with Gasteiger partial charge in [0.2, 0.25) is 11.8 Å². The molecule has 0 saturated carbocycles. The van der Waals surface area contributed by atoms with E-state index in [1.165, 1.54) is 18.9 Å². The Morgan fingerprint density at radius 1 is 0.854 bits per heavy atom. The van der Waals surface area contributed by atoms with Crippen LogP contribution in [0.3, 0.4) is 0 Å². The lowest BCUT2D eigenvalue weighted by molar-refractivity contribution is -0.159. The van der Waals surface area contributed by atoms with E-state index in [1.807, 2.05) is 56.3 Å². The maximum atomic E-state index is 14.0. The van der Waals surface area contributed by atoms with E-state index in [0.29, 0.717) is 5.56 Å². The second kappa shape index (κ2) is 13.7. The maximum absolute atomic E-state index is 14.0. The van der Waals surface area contributed by atoms with Crippen molar-refractivity contribution in [1.82, 2.24) is 15.5 Å². The van der Waals surface area contributed by atoms with E-state index in [0.717, 1.165) is 16.7 Å². The molecule has 2 N–H and O–H groups in total. The van der Waals surface area contributed by atoms with Crippen molar-refractivity contribution in [2.45, 2.75) is 98.1 Å². The van der Waals surface area contributed by atoms with Gasteiger partial charge in [-0.1, -0.05) is 54.1 Å². The number of benzene rings is 2. The Kier molecular flexibility index (Phi) is 11.1. The summed E-state index contributed by atoms with van der Waals surface area (Å²) >= 11 is 0. The van der Waals surface area contributed by atoms with Gasteiger partial charge in [0.15, 0.2) is 0 Å². The minimum absolute atomic E-state index is 0.204. The molecule has 3 amide bonds. The van der Waals surface area contributed by atoms with Crippen LogP contribution in [0, 0.1) is 13.8 Å². The normalized spacial score (nSPS) is 13.8. The monoisotopic (exact) mass is 567 g/mol. The van der Waals surface area contributed by atoms with Gasteiger partial charge < -0.3 is 25.0 Å². The summed E-state index contributed by atoms with van der Waals surface area (Å²) in [6.07, 6.45) is -0.540. The fraction of sp³-hybridized carbons (Fsp3) is 0.500. The van der Waals surface area contributed by atoms with Gasteiger partial charge in [0.1, 0.15) is 29.3 Å². The number of aryl methyl sites for hydroxylation is 2. The van der Waals surface area contributed by atoms with Crippen LogP contribution in [0.15, 0.2) is 48.5 Å². The summed E-state index contributed by atoms with van der Waals surface area (Å²) in [4.78, 5) is 54.4. The minimum atomic E-state index is -1.09. The van der Waals surface area contributed by atoms with Gasteiger partial charge >= 0.3 is 12.1 Å². The first-order valence-corrected chi connectivity index (χ1v) is 13.8. The Hall–Kier alpha value is -3.88. The molecule has 9 heteroatoms. The van der Waals surface area contributed by atoms with Gasteiger partial charge in [-0.2, -0.15) is 0 Å². The molecule has 2 rings (SSSR count). The Morgan fingerprint density at radius 3 is 1.98 bits per heavy atom. The number of ether oxygens (including phenoxy) is 2. The molecule has 2 aromatic rings. The first-order valence-electron chi connectivity index (χ1n) is 13.8. The van der Waals surface area contributed by atoms with Crippen LogP contribution in [0.25, 0.3) is 0 Å². The number of amides is 3. The molecular weight excluding hydrogens is 522 g/mol. The SMILES string of the molecule is Cc1ccc(C(C(=O)NC(Cc2ccccc2)C(=O)OC(C)(C)C)N(C)C(=O)C(C)NC(=O)OC(C)(C)C)c(C)c1. The van der Waals surface area contributed by atoms with Crippen molar-refractivity contribution in [1.29, 1.82) is 0 Å². The highest BCUT2D eigenvalue weighted by Crippen LogP contribution is 2.26. The van der Waals surface area contributed by atoms with Crippen molar-refractivity contribution in [2.24, 2.45) is 0 Å². The summed E-state index contributed by atoms with van der Waals surface area (Å²) in [5.74, 6) is -1.64. The lowest BCUT2D eigenvalue weighted by Crippen LogP contribution is -2.53. The molecule has 0 aliphatic rings. The molecule has 0 saturated heterocycles. The molecule has 224 valence electrons. The van der Waals surface area contributed by atoms with Gasteiger partial charge in [0.05, 0.1) is 0 Å². The zero-order valence-corrected chi connectivity index (χ0v) is 26.0. The topological polar surface area (TPSA) is 114 Å². The van der Waals surface area contributed by atoms with Crippen LogP contribution in [0.2, 0.25) is 0 Å². The summed E-state index contributed by atoms with van der Waals surface area (Å²) in [5.41, 5.74) is 1.72. The second-order valence-corrected chi connectivity index (χ2v) is 12.4. The highest BCUT2D eigenvalue weighted by molar-refractivity contribution is 5.93. The number of nitrogens with one attached hydrogen (secondary N) is 2. The fourth-order valence-electron chi connectivity index (χ4n) is 4.30. The molecule has 3 unspecified atom stereocenters. The summed E-state index contributed by atoms with van der Waals surface area (Å²) < 4.78 is 10.9. The summed E-state index contributed by atoms with van der Waals surface area (Å²) in [6.45, 7) is 15.8. The lowest BCUT2D eigenvalue weighted by atomic mass is 9.96. The van der Waals surface area contributed by atoms with Crippen LogP contribution in [0.1, 0.15) is 76.8 Å². The Bertz CT molecular complexity index is 1230. The van der Waals surface area contributed by atoms with Crippen LogP contribution in [-0.2, 0) is 30.3 Å². The molecule has 0 heterocycles. The molecule has 0 radical (unpaired) electrons. The standard InChI is InChI=1S/C32H45N3O6/c1-20-16-17-24(21(2)18-20)26(35(10)28(37)22(3)33-30(39)41-32(7,8)9)27(36)34-25(29(38)40-31(4,5)6)19-23-14-12-11-13-15-23/h11-18,22,25-26H,19H2,1-10H3,(H,33,39)(H,34,36). The molecule has 0 bridgehead atoms. The predicted octanol–water partition coefficient (Wildman–Crippen LogP) is 4.79. The summed E-state index contributed by atoms with van der Waals surface area (Å²) in [6, 6.07) is 11.8. The Morgan fingerprint density at radius 2 is 1.44 bits per heavy atom. The number of hydrogen-bond acceptors (Lipinski definition) is 6. The van der Waals surface area contributed by atoms with Crippen LogP contribution in [0.4, 0.5) is 4.79 Å². The van der Waals surface area contributed by atoms with Gasteiger partial charge in [-0.05, 0) is 79.0 Å². The highest BCUT2D eigenvalue weighted by atomic mass is 16.6. The minimum Gasteiger partial charge on any atom is -0.458 e. The van der Waals surface area contributed by atoms with Crippen molar-refractivity contribution in [2.75, 3.05) is 7.05 Å². The van der Waals surface area contributed by atoms with E-state index >= 15 is 0 Å². The lowest BCUT2D eigenvalue weighted by Gasteiger charge is -2.33. The number of rotatable bonds is 9. The summed E-state index contributed by atoms with van der Waals surface area (Å²) in [7, 11) is 1.50. The van der Waals surface area contributed by atoms with Gasteiger partial charge in [-0.3, -0.25) is 9.59 Å². The van der Waals surface area contributed by atoms with E-state index in [9.17, 15) is 19.2 Å². The van der Waals surface area contributed by atoms with Crippen LogP contribution < -0.4 is 10.6 Å². The molecule has 0 fully saturated rings. The fourth-order valence-corrected chi connectivity index (χ4v) is 4.30. The molecule has 0 aliphatic heterocycles. The first-order chi connectivity index (χ1) is 18.9. The summed E-state index contributed by atoms with van der Waals surface area (Å²) in [5, 5.41) is 5.40. The van der Waals surface area contributed by atoms with Gasteiger partial charge in [0.25, 0.3) is 0 Å². The largest absolute Gasteiger partial charge is 0.458 e. The number of nitrogens with zero attached hydrogens (tertiary/aromatic N) is 1. The number of likely N-dealkylation sites (N-methyl/N-ethyl adjacent to an activating group) is 1. The Labute approximate surface area is 244 Å². The van der Waals surface area contributed by atoms with E-state index in [4.69, 9.17) is 9.47 Å². The zero-order chi connectivity index (χ0) is 31.1. The first kappa shape index (κ1) is 33.3. The molecule has 0 aliphatic carbocycles. The number of carbonyl (C=O) groups excluding carboxylic acids is 4. The molecule has 0 spiro atoms. The van der Waals surface area contributed by atoms with Gasteiger partial charge in [0, 0.05) is 13.5 Å². The van der Waals surface area contributed by atoms with Crippen molar-refractivity contribution in [3.05, 3.63) is 70.8 Å². The third kappa shape index (κ3) is 10.6. The average Bonchev–Trinajstić information content (AvgIpc) is 2.82. The Balaban J connectivity index is 2.43. The van der Waals surface area contributed by atoms with E-state index < -0.39 is 53.2 Å². The van der Waals surface area contributed by atoms with Crippen molar-refractivity contribution < 1.29 is 28.7 Å². The molecule has 41 heavy (non-hydrogen) atoms. The smallest absolute Gasteiger partial charge is 0.408 e. The molecule has 3 atom stereocenters. The third-order valence-corrected chi connectivity index (χ3v) is 6.10. The number of alkyl carbamates (subject to hydrolysis) is 1. The predicted molar refractivity (Wildman–Crippen MR) is 158 cm³/mol.